The lowest BCUT2D eigenvalue weighted by Crippen LogP contribution is -1.97. The monoisotopic (exact) mass is 696 g/mol. The van der Waals surface area contributed by atoms with Crippen molar-refractivity contribution < 1.29 is 4.42 Å². The molecule has 1 nitrogen and oxygen atoms in total. The molecule has 1 heterocycles. The molecule has 55 heavy (non-hydrogen) atoms. The highest BCUT2D eigenvalue weighted by atomic mass is 16.3. The van der Waals surface area contributed by atoms with Gasteiger partial charge in [-0.05, 0) is 118 Å². The number of rotatable bonds is 2. The largest absolute Gasteiger partial charge is 0.455 e. The molecule has 1 aromatic heterocycles. The second kappa shape index (κ2) is 11.6. The van der Waals surface area contributed by atoms with Gasteiger partial charge in [-0.15, -0.1) is 0 Å². The Kier molecular flexibility index (Phi) is 6.40. The van der Waals surface area contributed by atoms with Crippen LogP contribution in [-0.4, -0.2) is 0 Å². The summed E-state index contributed by atoms with van der Waals surface area (Å²) in [6.45, 7) is 0. The van der Waals surface area contributed by atoms with Gasteiger partial charge in [0.05, 0.1) is 0 Å². The summed E-state index contributed by atoms with van der Waals surface area (Å²) in [6.07, 6.45) is 0. The Morgan fingerprint density at radius 1 is 0.218 bits per heavy atom. The Balaban J connectivity index is 1.03. The van der Waals surface area contributed by atoms with Crippen molar-refractivity contribution in [3.8, 4) is 66.8 Å². The lowest BCUT2D eigenvalue weighted by Gasteiger charge is -2.23. The summed E-state index contributed by atoms with van der Waals surface area (Å²) in [6, 6.07) is 71.1. The third kappa shape index (κ3) is 4.48. The van der Waals surface area contributed by atoms with E-state index in [4.69, 9.17) is 4.42 Å². The highest BCUT2D eigenvalue weighted by Crippen LogP contribution is 2.49. The van der Waals surface area contributed by atoms with Crippen molar-refractivity contribution in [1.82, 2.24) is 0 Å². The van der Waals surface area contributed by atoms with Gasteiger partial charge in [-0.1, -0.05) is 170 Å². The molecule has 0 aliphatic heterocycles. The molecule has 0 bridgehead atoms. The van der Waals surface area contributed by atoms with E-state index < -0.39 is 0 Å². The highest BCUT2D eigenvalue weighted by molar-refractivity contribution is 6.26. The first-order chi connectivity index (χ1) is 27.3. The molecule has 0 fully saturated rings. The molecule has 0 saturated heterocycles. The number of hydrogen-bond donors (Lipinski definition) is 0. The van der Waals surface area contributed by atoms with Gasteiger partial charge in [0, 0.05) is 16.3 Å². The van der Waals surface area contributed by atoms with Crippen molar-refractivity contribution in [2.45, 2.75) is 0 Å². The Morgan fingerprint density at radius 3 is 1.20 bits per heavy atom. The number of benzene rings is 10. The maximum absolute atomic E-state index is 6.77. The zero-order valence-electron chi connectivity index (χ0n) is 29.9. The molecule has 254 valence electrons. The van der Waals surface area contributed by atoms with Gasteiger partial charge in [-0.25, -0.2) is 0 Å². The average molecular weight is 697 g/mol. The third-order valence-electron chi connectivity index (χ3n) is 11.8. The minimum atomic E-state index is 0.894. The van der Waals surface area contributed by atoms with E-state index in [-0.39, 0.29) is 0 Å². The second-order valence-electron chi connectivity index (χ2n) is 14.7. The minimum Gasteiger partial charge on any atom is -0.455 e. The maximum Gasteiger partial charge on any atom is 0.143 e. The molecule has 12 rings (SSSR count). The first kappa shape index (κ1) is 30.3. The topological polar surface area (TPSA) is 13.1 Å². The fourth-order valence-corrected chi connectivity index (χ4v) is 9.32. The molecule has 11 aromatic rings. The summed E-state index contributed by atoms with van der Waals surface area (Å²) in [5.41, 5.74) is 16.4. The van der Waals surface area contributed by atoms with E-state index in [0.717, 1.165) is 33.1 Å². The van der Waals surface area contributed by atoms with Crippen LogP contribution >= 0.6 is 0 Å². The van der Waals surface area contributed by atoms with Gasteiger partial charge in [0.1, 0.15) is 11.2 Å². The first-order valence-corrected chi connectivity index (χ1v) is 19.0. The van der Waals surface area contributed by atoms with Gasteiger partial charge in [0.15, 0.2) is 0 Å². The van der Waals surface area contributed by atoms with Crippen molar-refractivity contribution in [3.05, 3.63) is 194 Å². The number of fused-ring (bicyclic) bond motifs is 17. The maximum atomic E-state index is 6.77. The van der Waals surface area contributed by atoms with Crippen molar-refractivity contribution >= 4 is 54.3 Å². The van der Waals surface area contributed by atoms with Crippen LogP contribution in [0.15, 0.2) is 199 Å². The summed E-state index contributed by atoms with van der Waals surface area (Å²) >= 11 is 0. The summed E-state index contributed by atoms with van der Waals surface area (Å²) in [5.74, 6) is 0. The molecule has 1 heteroatoms. The zero-order valence-corrected chi connectivity index (χ0v) is 29.9. The predicted molar refractivity (Wildman–Crippen MR) is 232 cm³/mol. The van der Waals surface area contributed by atoms with Crippen LogP contribution < -0.4 is 0 Å². The number of para-hydroxylation sites is 1. The minimum absolute atomic E-state index is 0.894. The number of hydrogen-bond acceptors (Lipinski definition) is 1. The van der Waals surface area contributed by atoms with E-state index in [1.807, 2.05) is 0 Å². The molecule has 1 aliphatic rings. The Hall–Kier alpha value is -7.22. The summed E-state index contributed by atoms with van der Waals surface area (Å²) in [5, 5.41) is 9.96. The van der Waals surface area contributed by atoms with Crippen LogP contribution in [0.5, 0.6) is 0 Å². The zero-order chi connectivity index (χ0) is 36.0. The van der Waals surface area contributed by atoms with Gasteiger partial charge in [-0.3, -0.25) is 0 Å². The molecular weight excluding hydrogens is 665 g/mol. The van der Waals surface area contributed by atoms with Crippen LogP contribution in [0, 0.1) is 0 Å². The Bertz CT molecular complexity index is 3340. The van der Waals surface area contributed by atoms with Crippen molar-refractivity contribution in [2.24, 2.45) is 0 Å². The van der Waals surface area contributed by atoms with E-state index in [1.54, 1.807) is 0 Å². The van der Waals surface area contributed by atoms with Gasteiger partial charge < -0.3 is 4.42 Å². The lowest BCUT2D eigenvalue weighted by molar-refractivity contribution is 0.670. The van der Waals surface area contributed by atoms with Crippen LogP contribution in [0.3, 0.4) is 0 Å². The van der Waals surface area contributed by atoms with E-state index >= 15 is 0 Å². The molecule has 0 saturated carbocycles. The smallest absolute Gasteiger partial charge is 0.143 e. The van der Waals surface area contributed by atoms with E-state index in [1.165, 1.54) is 88.0 Å². The van der Waals surface area contributed by atoms with Crippen molar-refractivity contribution in [2.75, 3.05) is 0 Å². The van der Waals surface area contributed by atoms with Crippen LogP contribution in [0.2, 0.25) is 0 Å². The van der Waals surface area contributed by atoms with Gasteiger partial charge in [0.25, 0.3) is 0 Å². The molecular formula is C54H32O. The summed E-state index contributed by atoms with van der Waals surface area (Å²) < 4.78 is 6.77. The third-order valence-corrected chi connectivity index (χ3v) is 11.8. The average Bonchev–Trinajstić information content (AvgIpc) is 3.64. The van der Waals surface area contributed by atoms with Gasteiger partial charge in [0.2, 0.25) is 0 Å². The molecule has 0 N–H and O–H groups in total. The number of furan rings is 1. The molecule has 0 unspecified atom stereocenters. The van der Waals surface area contributed by atoms with Crippen LogP contribution in [0.25, 0.3) is 121 Å². The first-order valence-electron chi connectivity index (χ1n) is 19.0. The SMILES string of the molecule is c1ccc2c(c1)-c1ccccc1-c1ccc(-c3cccc4c3oc3ccc(-c5ccc6c7ccccc7c7ccccc7c6c5)cc34)cc1-c1ccccc1-2. The Morgan fingerprint density at radius 2 is 0.618 bits per heavy atom. The predicted octanol–water partition coefficient (Wildman–Crippen LogP) is 15.4. The van der Waals surface area contributed by atoms with E-state index in [0.29, 0.717) is 0 Å². The molecule has 1 aliphatic carbocycles. The second-order valence-corrected chi connectivity index (χ2v) is 14.7. The molecule has 0 spiro atoms. The van der Waals surface area contributed by atoms with Crippen LogP contribution in [0.1, 0.15) is 0 Å². The Labute approximate surface area is 318 Å². The van der Waals surface area contributed by atoms with Crippen LogP contribution in [0.4, 0.5) is 0 Å². The lowest BCUT2D eigenvalue weighted by atomic mass is 9.80. The fraction of sp³-hybridized carbons (Fsp3) is 0. The molecule has 0 atom stereocenters. The van der Waals surface area contributed by atoms with Crippen molar-refractivity contribution in [1.29, 1.82) is 0 Å². The van der Waals surface area contributed by atoms with E-state index in [9.17, 15) is 0 Å². The summed E-state index contributed by atoms with van der Waals surface area (Å²) in [7, 11) is 0. The van der Waals surface area contributed by atoms with Crippen LogP contribution in [-0.2, 0) is 0 Å². The fourth-order valence-electron chi connectivity index (χ4n) is 9.32. The molecule has 0 amide bonds. The van der Waals surface area contributed by atoms with Crippen molar-refractivity contribution in [3.63, 3.8) is 0 Å². The van der Waals surface area contributed by atoms with Gasteiger partial charge in [-0.2, -0.15) is 0 Å². The normalized spacial score (nSPS) is 12.0. The van der Waals surface area contributed by atoms with Gasteiger partial charge >= 0.3 is 0 Å². The van der Waals surface area contributed by atoms with E-state index in [2.05, 4.69) is 194 Å². The highest BCUT2D eigenvalue weighted by Gasteiger charge is 2.23. The molecule has 0 radical (unpaired) electrons. The molecule has 10 aromatic carbocycles. The quantitative estimate of drug-likeness (QED) is 0.164. The summed E-state index contributed by atoms with van der Waals surface area (Å²) in [4.78, 5) is 0. The standard InChI is InChI=1S/C54H32O/c1-2-13-38-37(12-1)39-14-3-5-18-43(39)48-28-25-35(32-51(48)46-21-10-8-16-41(38)46)36-22-11-23-49-52-31-34(26-29-53(52)55-54(36)49)33-24-27-47-44-19-6-4-15-40(44)42-17-7-9-20-45(42)50(47)30-33/h1-32H.